The molecule has 0 aliphatic carbocycles. The number of rotatable bonds is 3. The third kappa shape index (κ3) is 2.20. The predicted octanol–water partition coefficient (Wildman–Crippen LogP) is 0.941. The van der Waals surface area contributed by atoms with Crippen molar-refractivity contribution in [2.75, 3.05) is 6.61 Å². The van der Waals surface area contributed by atoms with Crippen LogP contribution in [0.1, 0.15) is 12.7 Å². The minimum Gasteiger partial charge on any atom is -0.476 e. The number of hydrogen-bond donors (Lipinski definition) is 0. The highest BCUT2D eigenvalue weighted by Gasteiger charge is 1.94. The van der Waals surface area contributed by atoms with E-state index >= 15 is 0 Å². The molecule has 62 valence electrons. The summed E-state index contributed by atoms with van der Waals surface area (Å²) in [5.41, 5.74) is 0. The molecule has 0 spiro atoms. The van der Waals surface area contributed by atoms with Gasteiger partial charge in [0.1, 0.15) is 11.9 Å². The van der Waals surface area contributed by atoms with Crippen molar-refractivity contribution in [3.05, 3.63) is 18.2 Å². The van der Waals surface area contributed by atoms with Gasteiger partial charge >= 0.3 is 0 Å². The molecule has 0 atom stereocenters. The van der Waals surface area contributed by atoms with Crippen molar-refractivity contribution in [2.24, 2.45) is 0 Å². The summed E-state index contributed by atoms with van der Waals surface area (Å²) in [6, 6.07) is 1.87. The van der Waals surface area contributed by atoms with Crippen LogP contribution in [0.5, 0.6) is 5.75 Å². The van der Waals surface area contributed by atoms with Gasteiger partial charge in [-0.3, -0.25) is 0 Å². The molecule has 4 nitrogen and oxygen atoms in total. The summed E-state index contributed by atoms with van der Waals surface area (Å²) in [7, 11) is 0. The third-order valence-corrected chi connectivity index (χ3v) is 1.30. The molecule has 0 aromatic carbocycles. The second-order valence-electron chi connectivity index (χ2n) is 2.14. The third-order valence-electron chi connectivity index (χ3n) is 1.30. The lowest BCUT2D eigenvalue weighted by atomic mass is 10.4. The summed E-state index contributed by atoms with van der Waals surface area (Å²) in [5.74, 6) is 1.31. The summed E-state index contributed by atoms with van der Waals surface area (Å²) >= 11 is 0. The van der Waals surface area contributed by atoms with Gasteiger partial charge in [0.05, 0.1) is 12.4 Å². The summed E-state index contributed by atoms with van der Waals surface area (Å²) < 4.78 is 4.97. The maximum atomic E-state index is 8.21. The van der Waals surface area contributed by atoms with E-state index in [1.807, 2.05) is 13.0 Å². The summed E-state index contributed by atoms with van der Waals surface area (Å²) in [6.07, 6.45) is 3.95. The SMILES string of the molecule is CCc1ncc(OCC#N)cn1. The number of nitriles is 1. The lowest BCUT2D eigenvalue weighted by Crippen LogP contribution is -1.97. The fourth-order valence-electron chi connectivity index (χ4n) is 0.716. The van der Waals surface area contributed by atoms with Gasteiger partial charge < -0.3 is 4.74 Å². The lowest BCUT2D eigenvalue weighted by molar-refractivity contribution is 0.364. The maximum Gasteiger partial charge on any atom is 0.174 e. The minimum atomic E-state index is 0.0365. The Morgan fingerprint density at radius 3 is 2.67 bits per heavy atom. The van der Waals surface area contributed by atoms with Crippen molar-refractivity contribution >= 4 is 0 Å². The van der Waals surface area contributed by atoms with E-state index in [1.165, 1.54) is 0 Å². The van der Waals surface area contributed by atoms with Crippen LogP contribution in [-0.4, -0.2) is 16.6 Å². The molecule has 0 amide bonds. The predicted molar refractivity (Wildman–Crippen MR) is 42.5 cm³/mol. The summed E-state index contributed by atoms with van der Waals surface area (Å²) in [5, 5.41) is 8.21. The highest BCUT2D eigenvalue weighted by molar-refractivity contribution is 5.12. The van der Waals surface area contributed by atoms with Gasteiger partial charge in [-0.05, 0) is 0 Å². The molecular formula is C8H9N3O. The van der Waals surface area contributed by atoms with Gasteiger partial charge in [-0.25, -0.2) is 9.97 Å². The van der Waals surface area contributed by atoms with Gasteiger partial charge in [0.15, 0.2) is 12.4 Å². The molecule has 0 saturated heterocycles. The van der Waals surface area contributed by atoms with E-state index in [2.05, 4.69) is 9.97 Å². The molecule has 4 heteroatoms. The number of aryl methyl sites for hydroxylation is 1. The van der Waals surface area contributed by atoms with Crippen LogP contribution in [0.2, 0.25) is 0 Å². The first-order valence-electron chi connectivity index (χ1n) is 3.67. The van der Waals surface area contributed by atoms with Crippen LogP contribution in [0.25, 0.3) is 0 Å². The van der Waals surface area contributed by atoms with E-state index < -0.39 is 0 Å². The molecule has 0 saturated carbocycles. The van der Waals surface area contributed by atoms with E-state index in [1.54, 1.807) is 12.4 Å². The molecule has 1 heterocycles. The Bertz CT molecular complexity index is 275. The van der Waals surface area contributed by atoms with Crippen molar-refractivity contribution < 1.29 is 4.74 Å². The van der Waals surface area contributed by atoms with Crippen LogP contribution in [0.3, 0.4) is 0 Å². The average molecular weight is 163 g/mol. The zero-order chi connectivity index (χ0) is 8.81. The number of aromatic nitrogens is 2. The molecule has 1 aromatic heterocycles. The average Bonchev–Trinajstić information content (AvgIpc) is 2.15. The van der Waals surface area contributed by atoms with Crippen molar-refractivity contribution in [1.29, 1.82) is 5.26 Å². The highest BCUT2D eigenvalue weighted by Crippen LogP contribution is 2.05. The first-order chi connectivity index (χ1) is 5.86. The van der Waals surface area contributed by atoms with Gasteiger partial charge in [-0.1, -0.05) is 6.92 Å². The minimum absolute atomic E-state index is 0.0365. The van der Waals surface area contributed by atoms with Gasteiger partial charge in [0.2, 0.25) is 0 Å². The van der Waals surface area contributed by atoms with Crippen LogP contribution < -0.4 is 4.74 Å². The maximum absolute atomic E-state index is 8.21. The number of nitrogens with zero attached hydrogens (tertiary/aromatic N) is 3. The molecule has 0 N–H and O–H groups in total. The second kappa shape index (κ2) is 4.29. The van der Waals surface area contributed by atoms with Crippen molar-refractivity contribution in [3.63, 3.8) is 0 Å². The smallest absolute Gasteiger partial charge is 0.174 e. The Kier molecular flexibility index (Phi) is 3.03. The van der Waals surface area contributed by atoms with Crippen LogP contribution in [0.15, 0.2) is 12.4 Å². The molecule has 1 rings (SSSR count). The molecule has 1 aromatic rings. The Morgan fingerprint density at radius 2 is 2.17 bits per heavy atom. The Balaban J connectivity index is 2.60. The van der Waals surface area contributed by atoms with E-state index in [9.17, 15) is 0 Å². The molecule has 12 heavy (non-hydrogen) atoms. The number of ether oxygens (including phenoxy) is 1. The van der Waals surface area contributed by atoms with E-state index in [4.69, 9.17) is 10.00 Å². The summed E-state index contributed by atoms with van der Waals surface area (Å²) in [6.45, 7) is 2.01. The van der Waals surface area contributed by atoms with Gasteiger partial charge in [-0.2, -0.15) is 5.26 Å². The van der Waals surface area contributed by atoms with E-state index in [0.29, 0.717) is 5.75 Å². The quantitative estimate of drug-likeness (QED) is 0.665. The fraction of sp³-hybridized carbons (Fsp3) is 0.375. The Labute approximate surface area is 70.8 Å². The topological polar surface area (TPSA) is 58.8 Å². The second-order valence-corrected chi connectivity index (χ2v) is 2.14. The first-order valence-corrected chi connectivity index (χ1v) is 3.67. The van der Waals surface area contributed by atoms with Crippen molar-refractivity contribution in [3.8, 4) is 11.8 Å². The van der Waals surface area contributed by atoms with Gasteiger partial charge in [-0.15, -0.1) is 0 Å². The first kappa shape index (κ1) is 8.47. The Hall–Kier alpha value is -1.63. The van der Waals surface area contributed by atoms with Gasteiger partial charge in [0.25, 0.3) is 0 Å². The lowest BCUT2D eigenvalue weighted by Gasteiger charge is -1.99. The molecule has 0 bridgehead atoms. The Morgan fingerprint density at radius 1 is 1.50 bits per heavy atom. The molecule has 0 aliphatic rings. The van der Waals surface area contributed by atoms with Crippen molar-refractivity contribution in [2.45, 2.75) is 13.3 Å². The molecular weight excluding hydrogens is 154 g/mol. The van der Waals surface area contributed by atoms with E-state index in [0.717, 1.165) is 12.2 Å². The zero-order valence-corrected chi connectivity index (χ0v) is 6.82. The number of hydrogen-bond acceptors (Lipinski definition) is 4. The molecule has 0 aliphatic heterocycles. The van der Waals surface area contributed by atoms with Crippen LogP contribution in [0, 0.1) is 11.3 Å². The summed E-state index contributed by atoms with van der Waals surface area (Å²) in [4.78, 5) is 8.01. The van der Waals surface area contributed by atoms with Crippen molar-refractivity contribution in [1.82, 2.24) is 9.97 Å². The van der Waals surface area contributed by atoms with Crippen LogP contribution in [0.4, 0.5) is 0 Å². The molecule has 0 unspecified atom stereocenters. The van der Waals surface area contributed by atoms with Crippen LogP contribution in [-0.2, 0) is 6.42 Å². The van der Waals surface area contributed by atoms with E-state index in [-0.39, 0.29) is 6.61 Å². The van der Waals surface area contributed by atoms with Gasteiger partial charge in [0, 0.05) is 6.42 Å². The molecule has 0 radical (unpaired) electrons. The monoisotopic (exact) mass is 163 g/mol. The highest BCUT2D eigenvalue weighted by atomic mass is 16.5. The standard InChI is InChI=1S/C8H9N3O/c1-2-8-10-5-7(6-11-8)12-4-3-9/h5-6H,2,4H2,1H3. The normalized spacial score (nSPS) is 9.00. The van der Waals surface area contributed by atoms with Crippen LogP contribution >= 0.6 is 0 Å². The zero-order valence-electron chi connectivity index (χ0n) is 6.82. The molecule has 0 fully saturated rings. The fourth-order valence-corrected chi connectivity index (χ4v) is 0.716. The largest absolute Gasteiger partial charge is 0.476 e.